The molecule has 3 aromatic carbocycles. The van der Waals surface area contributed by atoms with Crippen molar-refractivity contribution in [1.82, 2.24) is 4.98 Å². The van der Waals surface area contributed by atoms with Gasteiger partial charge in [0.15, 0.2) is 5.13 Å². The molecular formula is C29H25BrN2OS. The lowest BCUT2D eigenvalue weighted by atomic mass is 9.52. The van der Waals surface area contributed by atoms with E-state index in [1.807, 2.05) is 5.38 Å². The molecule has 0 saturated heterocycles. The first-order chi connectivity index (χ1) is 16.4. The molecule has 3 aliphatic rings. The third-order valence-corrected chi connectivity index (χ3v) is 9.38. The fourth-order valence-corrected chi connectivity index (χ4v) is 7.84. The third-order valence-electron chi connectivity index (χ3n) is 7.44. The van der Waals surface area contributed by atoms with Crippen molar-refractivity contribution in [3.8, 4) is 0 Å². The molecule has 0 radical (unpaired) electrons. The molecule has 0 spiro atoms. The van der Waals surface area contributed by atoms with Crippen molar-refractivity contribution < 1.29 is 4.79 Å². The van der Waals surface area contributed by atoms with Gasteiger partial charge in [-0.1, -0.05) is 94.3 Å². The van der Waals surface area contributed by atoms with E-state index in [9.17, 15) is 4.79 Å². The van der Waals surface area contributed by atoms with Crippen LogP contribution in [0.3, 0.4) is 0 Å². The summed E-state index contributed by atoms with van der Waals surface area (Å²) in [4.78, 5) is 18.6. The molecule has 1 heterocycles. The molecule has 5 heteroatoms. The van der Waals surface area contributed by atoms with E-state index in [-0.39, 0.29) is 16.1 Å². The minimum absolute atomic E-state index is 0.00585. The van der Waals surface area contributed by atoms with Crippen molar-refractivity contribution >= 4 is 38.3 Å². The quantitative estimate of drug-likeness (QED) is 0.285. The Labute approximate surface area is 212 Å². The molecule has 34 heavy (non-hydrogen) atoms. The number of nitrogens with one attached hydrogen (secondary N) is 1. The van der Waals surface area contributed by atoms with Crippen LogP contribution in [0.5, 0.6) is 0 Å². The zero-order chi connectivity index (χ0) is 23.5. The molecule has 0 saturated carbocycles. The van der Waals surface area contributed by atoms with Crippen molar-refractivity contribution in [2.45, 2.75) is 36.9 Å². The van der Waals surface area contributed by atoms with Crippen molar-refractivity contribution in [2.75, 3.05) is 5.32 Å². The standard InChI is InChI=1S/C29H25BrN2OS/c1-18-11-13-19(14-12-18)15-20-16-34-27(31-20)32-26(33)28(2)17-29(30)23-9-5-3-7-21(23)25(28)22-8-4-6-10-24(22)29/h3-14,16,25H,15,17H2,1-2H3,(H,31,32,33). The van der Waals surface area contributed by atoms with Crippen LogP contribution in [0.4, 0.5) is 5.13 Å². The second-order valence-electron chi connectivity index (χ2n) is 9.76. The molecule has 1 atom stereocenters. The van der Waals surface area contributed by atoms with Crippen molar-refractivity contribution in [3.63, 3.8) is 0 Å². The fourth-order valence-electron chi connectivity index (χ4n) is 5.83. The summed E-state index contributed by atoms with van der Waals surface area (Å²) in [5, 5.41) is 5.89. The van der Waals surface area contributed by atoms with E-state index in [2.05, 4.69) is 108 Å². The summed E-state index contributed by atoms with van der Waals surface area (Å²) in [6.07, 6.45) is 1.46. The lowest BCUT2D eigenvalue weighted by Gasteiger charge is -2.54. The largest absolute Gasteiger partial charge is 0.301 e. The summed E-state index contributed by atoms with van der Waals surface area (Å²) < 4.78 is -0.374. The maximum absolute atomic E-state index is 13.9. The number of alkyl halides is 1. The van der Waals surface area contributed by atoms with Gasteiger partial charge in [-0.25, -0.2) is 4.98 Å². The summed E-state index contributed by atoms with van der Waals surface area (Å²) in [5.74, 6) is 0.0351. The van der Waals surface area contributed by atoms with Crippen LogP contribution in [0.15, 0.2) is 78.2 Å². The molecule has 4 aromatic rings. The Hall–Kier alpha value is -2.76. The molecular weight excluding hydrogens is 504 g/mol. The number of hydrogen-bond acceptors (Lipinski definition) is 3. The number of hydrogen-bond donors (Lipinski definition) is 1. The van der Waals surface area contributed by atoms with Gasteiger partial charge in [-0.3, -0.25) is 4.79 Å². The summed E-state index contributed by atoms with van der Waals surface area (Å²) in [7, 11) is 0. The number of carbonyl (C=O) groups is 1. The second-order valence-corrected chi connectivity index (χ2v) is 12.0. The van der Waals surface area contributed by atoms with Gasteiger partial charge in [-0.15, -0.1) is 11.3 Å². The van der Waals surface area contributed by atoms with Gasteiger partial charge >= 0.3 is 0 Å². The van der Waals surface area contributed by atoms with E-state index >= 15 is 0 Å². The molecule has 0 fully saturated rings. The number of aromatic nitrogens is 1. The Balaban J connectivity index is 1.31. The molecule has 1 unspecified atom stereocenters. The summed E-state index contributed by atoms with van der Waals surface area (Å²) in [6.45, 7) is 4.20. The topological polar surface area (TPSA) is 42.0 Å². The number of carbonyl (C=O) groups excluding carboxylic acids is 1. The highest BCUT2D eigenvalue weighted by Gasteiger charge is 2.59. The van der Waals surface area contributed by atoms with Gasteiger partial charge in [0.1, 0.15) is 0 Å². The molecule has 1 amide bonds. The van der Waals surface area contributed by atoms with Gasteiger partial charge in [-0.05, 0) is 48.1 Å². The molecule has 0 aliphatic heterocycles. The van der Waals surface area contributed by atoms with E-state index in [4.69, 9.17) is 4.98 Å². The van der Waals surface area contributed by atoms with E-state index in [1.54, 1.807) is 0 Å². The molecule has 1 N–H and O–H groups in total. The van der Waals surface area contributed by atoms with Crippen LogP contribution in [-0.4, -0.2) is 10.9 Å². The molecule has 3 nitrogen and oxygen atoms in total. The van der Waals surface area contributed by atoms with Gasteiger partial charge in [0.2, 0.25) is 5.91 Å². The summed E-state index contributed by atoms with van der Waals surface area (Å²) >= 11 is 5.61. The van der Waals surface area contributed by atoms with Gasteiger partial charge < -0.3 is 5.32 Å². The van der Waals surface area contributed by atoms with Crippen molar-refractivity contribution in [2.24, 2.45) is 5.41 Å². The normalized spacial score (nSPS) is 24.4. The first-order valence-electron chi connectivity index (χ1n) is 11.6. The molecule has 7 rings (SSSR count). The zero-order valence-electron chi connectivity index (χ0n) is 19.1. The number of nitrogens with zero attached hydrogens (tertiary/aromatic N) is 1. The Kier molecular flexibility index (Phi) is 5.05. The Morgan fingerprint density at radius 2 is 1.65 bits per heavy atom. The van der Waals surface area contributed by atoms with E-state index in [0.717, 1.165) is 12.1 Å². The van der Waals surface area contributed by atoms with E-state index in [1.165, 1.54) is 44.7 Å². The first kappa shape index (κ1) is 21.8. The Bertz CT molecular complexity index is 1360. The first-order valence-corrected chi connectivity index (χ1v) is 13.2. The fraction of sp³-hybridized carbons (Fsp3) is 0.241. The van der Waals surface area contributed by atoms with Crippen LogP contribution in [0.1, 0.15) is 58.3 Å². The highest BCUT2D eigenvalue weighted by atomic mass is 79.9. The number of anilines is 1. The number of rotatable bonds is 4. The second kappa shape index (κ2) is 7.89. The molecule has 2 bridgehead atoms. The molecule has 170 valence electrons. The van der Waals surface area contributed by atoms with Gasteiger partial charge in [0, 0.05) is 17.7 Å². The Morgan fingerprint density at radius 3 is 2.29 bits per heavy atom. The minimum Gasteiger partial charge on any atom is -0.301 e. The van der Waals surface area contributed by atoms with E-state index in [0.29, 0.717) is 11.6 Å². The van der Waals surface area contributed by atoms with Crippen LogP contribution >= 0.6 is 27.3 Å². The highest BCUT2D eigenvalue weighted by Crippen LogP contribution is 2.66. The third kappa shape index (κ3) is 3.29. The van der Waals surface area contributed by atoms with Crippen LogP contribution in [0.2, 0.25) is 0 Å². The number of halogens is 1. The van der Waals surface area contributed by atoms with Crippen molar-refractivity contribution in [3.05, 3.63) is 117 Å². The summed E-state index contributed by atoms with van der Waals surface area (Å²) in [6, 6.07) is 25.6. The van der Waals surface area contributed by atoms with Gasteiger partial charge in [-0.2, -0.15) is 0 Å². The predicted molar refractivity (Wildman–Crippen MR) is 142 cm³/mol. The number of aryl methyl sites for hydroxylation is 1. The lowest BCUT2D eigenvalue weighted by molar-refractivity contribution is -0.127. The Morgan fingerprint density at radius 1 is 1.03 bits per heavy atom. The smallest absolute Gasteiger partial charge is 0.233 e. The number of amides is 1. The highest BCUT2D eigenvalue weighted by molar-refractivity contribution is 9.09. The summed E-state index contributed by atoms with van der Waals surface area (Å²) in [5.41, 5.74) is 7.87. The monoisotopic (exact) mass is 528 g/mol. The minimum atomic E-state index is -0.602. The zero-order valence-corrected chi connectivity index (χ0v) is 21.5. The maximum atomic E-state index is 13.9. The number of fused-ring (bicyclic) bond motifs is 1. The van der Waals surface area contributed by atoms with Crippen LogP contribution in [0.25, 0.3) is 0 Å². The SMILES string of the molecule is Cc1ccc(Cc2csc(NC(=O)C3(C)CC4(Br)c5ccccc5C3c3ccccc34)n2)cc1. The maximum Gasteiger partial charge on any atom is 0.233 e. The average Bonchev–Trinajstić information content (AvgIpc) is 3.27. The molecule has 3 aliphatic carbocycles. The van der Waals surface area contributed by atoms with Crippen LogP contribution in [0, 0.1) is 12.3 Å². The van der Waals surface area contributed by atoms with E-state index < -0.39 is 5.41 Å². The van der Waals surface area contributed by atoms with Gasteiger partial charge in [0.25, 0.3) is 0 Å². The molecule has 1 aromatic heterocycles. The lowest BCUT2D eigenvalue weighted by Crippen LogP contribution is -2.52. The predicted octanol–water partition coefficient (Wildman–Crippen LogP) is 7.17. The number of benzene rings is 3. The number of thiazole rings is 1. The van der Waals surface area contributed by atoms with Crippen LogP contribution in [-0.2, 0) is 15.5 Å². The van der Waals surface area contributed by atoms with Crippen molar-refractivity contribution in [1.29, 1.82) is 0 Å². The van der Waals surface area contributed by atoms with Crippen LogP contribution < -0.4 is 5.32 Å². The average molecular weight is 530 g/mol. The van der Waals surface area contributed by atoms with Gasteiger partial charge in [0.05, 0.1) is 15.4 Å².